The van der Waals surface area contributed by atoms with Gasteiger partial charge in [0.25, 0.3) is 0 Å². The van der Waals surface area contributed by atoms with Gasteiger partial charge in [0.05, 0.1) is 27.1 Å². The van der Waals surface area contributed by atoms with Crippen LogP contribution in [0.15, 0.2) is 16.6 Å². The minimum Gasteiger partial charge on any atom is -0.379 e. The molecular formula is C15H16BrCl2N5S. The number of nitrogens with one attached hydrogen (secondary N) is 1. The van der Waals surface area contributed by atoms with Crippen molar-refractivity contribution in [2.24, 2.45) is 5.41 Å². The van der Waals surface area contributed by atoms with Crippen LogP contribution in [0.25, 0.3) is 11.0 Å². The summed E-state index contributed by atoms with van der Waals surface area (Å²) in [6.07, 6.45) is 0. The van der Waals surface area contributed by atoms with Gasteiger partial charge in [0.1, 0.15) is 10.7 Å². The number of rotatable bonds is 4. The molecule has 0 atom stereocenters. The average Bonchev–Trinajstić information content (AvgIpc) is 3.00. The zero-order chi connectivity index (χ0) is 17.5. The molecule has 1 aromatic carbocycles. The van der Waals surface area contributed by atoms with Crippen molar-refractivity contribution in [2.45, 2.75) is 33.9 Å². The molecule has 0 saturated heterocycles. The Kier molecular flexibility index (Phi) is 5.06. The number of aromatic nitrogens is 4. The van der Waals surface area contributed by atoms with Gasteiger partial charge < -0.3 is 5.32 Å². The second-order valence-electron chi connectivity index (χ2n) is 6.64. The lowest BCUT2D eigenvalue weighted by Crippen LogP contribution is -2.16. The van der Waals surface area contributed by atoms with Crippen LogP contribution in [0, 0.1) is 5.41 Å². The molecule has 9 heteroatoms. The van der Waals surface area contributed by atoms with Gasteiger partial charge in [-0.15, -0.1) is 16.4 Å². The van der Waals surface area contributed by atoms with Crippen LogP contribution in [0.1, 0.15) is 25.6 Å². The standard InChI is InChI=1S/C15H16BrCl2N5S/c1-15(2,3)7-23-9-5-4-8(11(16)12(9)21-22-23)19-6-10-13(17)20-14(18)24-10/h4-5,19H,6-7H2,1-3H3. The van der Waals surface area contributed by atoms with Crippen LogP contribution in [0.3, 0.4) is 0 Å². The zero-order valence-corrected chi connectivity index (χ0v) is 17.3. The largest absolute Gasteiger partial charge is 0.379 e. The Morgan fingerprint density at radius 3 is 2.67 bits per heavy atom. The third kappa shape index (κ3) is 3.85. The van der Waals surface area contributed by atoms with E-state index in [4.69, 9.17) is 23.2 Å². The molecule has 0 radical (unpaired) electrons. The Balaban J connectivity index is 1.85. The SMILES string of the molecule is CC(C)(C)Cn1nnc2c(Br)c(NCc3sc(Cl)nc3Cl)ccc21. The van der Waals surface area contributed by atoms with E-state index in [-0.39, 0.29) is 5.41 Å². The topological polar surface area (TPSA) is 55.6 Å². The van der Waals surface area contributed by atoms with Crippen LogP contribution in [-0.2, 0) is 13.1 Å². The molecule has 24 heavy (non-hydrogen) atoms. The summed E-state index contributed by atoms with van der Waals surface area (Å²) in [7, 11) is 0. The van der Waals surface area contributed by atoms with Crippen LogP contribution >= 0.6 is 50.5 Å². The molecule has 2 heterocycles. The van der Waals surface area contributed by atoms with Gasteiger partial charge in [-0.1, -0.05) is 49.2 Å². The minimum absolute atomic E-state index is 0.131. The van der Waals surface area contributed by atoms with E-state index >= 15 is 0 Å². The summed E-state index contributed by atoms with van der Waals surface area (Å²) in [5, 5.41) is 12.4. The number of hydrogen-bond donors (Lipinski definition) is 1. The van der Waals surface area contributed by atoms with Gasteiger partial charge in [-0.25, -0.2) is 9.67 Å². The first-order valence-electron chi connectivity index (χ1n) is 7.31. The number of halogens is 3. The van der Waals surface area contributed by atoms with E-state index in [0.29, 0.717) is 16.2 Å². The van der Waals surface area contributed by atoms with Gasteiger partial charge in [0.2, 0.25) is 0 Å². The molecule has 0 unspecified atom stereocenters. The fraction of sp³-hybridized carbons (Fsp3) is 0.400. The fourth-order valence-electron chi connectivity index (χ4n) is 2.30. The molecule has 0 amide bonds. The number of fused-ring (bicyclic) bond motifs is 1. The lowest BCUT2D eigenvalue weighted by atomic mass is 9.97. The number of anilines is 1. The van der Waals surface area contributed by atoms with Crippen LogP contribution in [0.2, 0.25) is 9.62 Å². The Morgan fingerprint density at radius 1 is 1.29 bits per heavy atom. The van der Waals surface area contributed by atoms with Gasteiger partial charge in [-0.05, 0) is 33.5 Å². The molecule has 0 spiro atoms. The van der Waals surface area contributed by atoms with E-state index < -0.39 is 0 Å². The van der Waals surface area contributed by atoms with Gasteiger partial charge in [-0.3, -0.25) is 0 Å². The van der Waals surface area contributed by atoms with Crippen LogP contribution in [0.5, 0.6) is 0 Å². The first kappa shape index (κ1) is 17.9. The number of thiazole rings is 1. The van der Waals surface area contributed by atoms with Crippen molar-refractivity contribution in [1.82, 2.24) is 20.0 Å². The van der Waals surface area contributed by atoms with E-state index in [9.17, 15) is 0 Å². The second kappa shape index (κ2) is 6.78. The van der Waals surface area contributed by atoms with E-state index in [0.717, 1.165) is 32.6 Å². The number of hydrogen-bond acceptors (Lipinski definition) is 5. The molecule has 0 aliphatic rings. The van der Waals surface area contributed by atoms with Crippen molar-refractivity contribution in [3.8, 4) is 0 Å². The molecular weight excluding hydrogens is 433 g/mol. The summed E-state index contributed by atoms with van der Waals surface area (Å²) in [5.74, 6) is 0. The van der Waals surface area contributed by atoms with Gasteiger partial charge >= 0.3 is 0 Å². The number of nitrogens with zero attached hydrogens (tertiary/aromatic N) is 4. The third-order valence-electron chi connectivity index (χ3n) is 3.31. The van der Waals surface area contributed by atoms with Gasteiger partial charge in [0.15, 0.2) is 4.47 Å². The Bertz CT molecular complexity index is 884. The molecule has 3 aromatic rings. The molecule has 0 bridgehead atoms. The van der Waals surface area contributed by atoms with Crippen molar-refractivity contribution in [1.29, 1.82) is 0 Å². The normalized spacial score (nSPS) is 12.1. The first-order valence-corrected chi connectivity index (χ1v) is 9.67. The maximum Gasteiger partial charge on any atom is 0.185 e. The summed E-state index contributed by atoms with van der Waals surface area (Å²) >= 11 is 16.9. The Labute approximate surface area is 162 Å². The average molecular weight is 449 g/mol. The monoisotopic (exact) mass is 447 g/mol. The minimum atomic E-state index is 0.131. The van der Waals surface area contributed by atoms with Crippen LogP contribution in [-0.4, -0.2) is 20.0 Å². The highest BCUT2D eigenvalue weighted by atomic mass is 79.9. The molecule has 0 fully saturated rings. The van der Waals surface area contributed by atoms with Crippen LogP contribution < -0.4 is 5.32 Å². The van der Waals surface area contributed by atoms with Crippen molar-refractivity contribution < 1.29 is 0 Å². The summed E-state index contributed by atoms with van der Waals surface area (Å²) in [5.41, 5.74) is 2.89. The van der Waals surface area contributed by atoms with Crippen LogP contribution in [0.4, 0.5) is 5.69 Å². The summed E-state index contributed by atoms with van der Waals surface area (Å²) in [6, 6.07) is 4.03. The quantitative estimate of drug-likeness (QED) is 0.562. The molecule has 5 nitrogen and oxygen atoms in total. The number of benzene rings is 1. The van der Waals surface area contributed by atoms with E-state index in [1.165, 1.54) is 11.3 Å². The summed E-state index contributed by atoms with van der Waals surface area (Å²) in [6.45, 7) is 7.88. The van der Waals surface area contributed by atoms with E-state index in [1.54, 1.807) is 0 Å². The summed E-state index contributed by atoms with van der Waals surface area (Å²) in [4.78, 5) is 4.90. The molecule has 3 rings (SSSR count). The predicted octanol–water partition coefficient (Wildman–Crippen LogP) is 5.62. The van der Waals surface area contributed by atoms with Crippen molar-refractivity contribution in [3.63, 3.8) is 0 Å². The Hall–Kier alpha value is -0.890. The van der Waals surface area contributed by atoms with Gasteiger partial charge in [0, 0.05) is 6.54 Å². The summed E-state index contributed by atoms with van der Waals surface area (Å²) < 4.78 is 3.26. The zero-order valence-electron chi connectivity index (χ0n) is 13.4. The maximum atomic E-state index is 6.05. The third-order valence-corrected chi connectivity index (χ3v) is 5.70. The van der Waals surface area contributed by atoms with Gasteiger partial charge in [-0.2, -0.15) is 0 Å². The maximum absolute atomic E-state index is 6.05. The molecule has 2 aromatic heterocycles. The van der Waals surface area contributed by atoms with Crippen molar-refractivity contribution in [2.75, 3.05) is 5.32 Å². The van der Waals surface area contributed by atoms with E-state index in [2.05, 4.69) is 57.3 Å². The highest BCUT2D eigenvalue weighted by molar-refractivity contribution is 9.10. The van der Waals surface area contributed by atoms with E-state index in [1.807, 2.05) is 16.8 Å². The predicted molar refractivity (Wildman–Crippen MR) is 104 cm³/mol. The fourth-order valence-corrected chi connectivity index (χ4v) is 4.19. The molecule has 1 N–H and O–H groups in total. The lowest BCUT2D eigenvalue weighted by Gasteiger charge is -2.18. The highest BCUT2D eigenvalue weighted by Gasteiger charge is 2.17. The molecule has 0 saturated carbocycles. The highest BCUT2D eigenvalue weighted by Crippen LogP contribution is 2.33. The first-order chi connectivity index (χ1) is 11.2. The second-order valence-corrected chi connectivity index (χ2v) is 9.45. The smallest absolute Gasteiger partial charge is 0.185 e. The van der Waals surface area contributed by atoms with Crippen molar-refractivity contribution in [3.05, 3.63) is 31.1 Å². The lowest BCUT2D eigenvalue weighted by molar-refractivity contribution is 0.327. The molecule has 128 valence electrons. The van der Waals surface area contributed by atoms with Crippen molar-refractivity contribution >= 4 is 67.2 Å². The molecule has 0 aliphatic heterocycles. The Morgan fingerprint density at radius 2 is 2.04 bits per heavy atom. The molecule has 0 aliphatic carbocycles.